The summed E-state index contributed by atoms with van der Waals surface area (Å²) in [6.45, 7) is 7.36. The summed E-state index contributed by atoms with van der Waals surface area (Å²) in [6.07, 6.45) is -0.0864. The fraction of sp³-hybridized carbons (Fsp3) is 0.727. The Morgan fingerprint density at radius 1 is 0.771 bits per heavy atom. The van der Waals surface area contributed by atoms with Crippen molar-refractivity contribution >= 4 is 35.5 Å². The van der Waals surface area contributed by atoms with Crippen LogP contribution in [0, 0.1) is 11.8 Å². The Morgan fingerprint density at radius 3 is 1.69 bits per heavy atom. The van der Waals surface area contributed by atoms with Gasteiger partial charge in [-0.25, -0.2) is 4.79 Å². The van der Waals surface area contributed by atoms with E-state index in [0.29, 0.717) is 12.8 Å². The number of carbonyl (C=O) groups excluding carboxylic acids is 5. The molecular weight excluding hydrogens is 460 g/mol. The molecule has 13 heteroatoms. The first-order valence-corrected chi connectivity index (χ1v) is 11.7. The van der Waals surface area contributed by atoms with Gasteiger partial charge in [-0.05, 0) is 31.1 Å². The second-order valence-corrected chi connectivity index (χ2v) is 9.08. The maximum absolute atomic E-state index is 13.1. The first-order chi connectivity index (χ1) is 16.2. The normalized spacial score (nSPS) is 15.3. The third-order valence-electron chi connectivity index (χ3n) is 5.46. The van der Waals surface area contributed by atoms with E-state index >= 15 is 0 Å². The first kappa shape index (κ1) is 31.8. The highest BCUT2D eigenvalue weighted by Crippen LogP contribution is 2.11. The van der Waals surface area contributed by atoms with Gasteiger partial charge in [-0.2, -0.15) is 0 Å². The highest BCUT2D eigenvalue weighted by molar-refractivity contribution is 5.94. The molecule has 35 heavy (non-hydrogen) atoms. The van der Waals surface area contributed by atoms with Crippen LogP contribution in [0.5, 0.6) is 0 Å². The van der Waals surface area contributed by atoms with E-state index < -0.39 is 59.7 Å². The summed E-state index contributed by atoms with van der Waals surface area (Å²) in [6, 6.07) is -4.62. The van der Waals surface area contributed by atoms with Crippen LogP contribution in [0.2, 0.25) is 0 Å². The smallest absolute Gasteiger partial charge is 0.326 e. The Morgan fingerprint density at radius 2 is 1.26 bits per heavy atom. The van der Waals surface area contributed by atoms with Gasteiger partial charge in [0.05, 0.1) is 6.04 Å². The van der Waals surface area contributed by atoms with Crippen LogP contribution in [0.15, 0.2) is 0 Å². The predicted octanol–water partition coefficient (Wildman–Crippen LogP) is -1.52. The summed E-state index contributed by atoms with van der Waals surface area (Å²) in [5, 5.41) is 16.7. The van der Waals surface area contributed by atoms with Crippen LogP contribution < -0.4 is 33.2 Å². The largest absolute Gasteiger partial charge is 0.480 e. The van der Waals surface area contributed by atoms with Crippen molar-refractivity contribution in [3.05, 3.63) is 0 Å². The fourth-order valence-corrected chi connectivity index (χ4v) is 3.21. The molecule has 0 heterocycles. The summed E-state index contributed by atoms with van der Waals surface area (Å²) in [5.74, 6) is -5.14. The topological polar surface area (TPSA) is 237 Å². The lowest BCUT2D eigenvalue weighted by Gasteiger charge is -2.28. The minimum atomic E-state index is -1.44. The molecule has 0 aromatic heterocycles. The molecule has 0 aromatic carbocycles. The molecule has 0 spiro atoms. The van der Waals surface area contributed by atoms with Crippen molar-refractivity contribution in [3.8, 4) is 0 Å². The van der Waals surface area contributed by atoms with Gasteiger partial charge >= 0.3 is 5.97 Å². The minimum Gasteiger partial charge on any atom is -0.480 e. The molecule has 0 aliphatic carbocycles. The van der Waals surface area contributed by atoms with E-state index in [2.05, 4.69) is 16.0 Å². The molecule has 0 radical (unpaired) electrons. The van der Waals surface area contributed by atoms with Crippen molar-refractivity contribution in [2.75, 3.05) is 0 Å². The molecular formula is C22H40N6O7. The number of hydrogen-bond acceptors (Lipinski definition) is 7. The van der Waals surface area contributed by atoms with Crippen molar-refractivity contribution in [1.29, 1.82) is 0 Å². The zero-order chi connectivity index (χ0) is 27.3. The lowest BCUT2D eigenvalue weighted by Crippen LogP contribution is -2.58. The van der Waals surface area contributed by atoms with Gasteiger partial charge < -0.3 is 38.3 Å². The number of primary amides is 2. The second kappa shape index (κ2) is 15.6. The van der Waals surface area contributed by atoms with Crippen LogP contribution in [-0.4, -0.2) is 64.8 Å². The van der Waals surface area contributed by atoms with Gasteiger partial charge in [0.2, 0.25) is 29.5 Å². The molecule has 13 nitrogen and oxygen atoms in total. The van der Waals surface area contributed by atoms with Gasteiger partial charge in [-0.3, -0.25) is 24.0 Å². The van der Waals surface area contributed by atoms with Crippen LogP contribution in [0.3, 0.4) is 0 Å². The Hall–Kier alpha value is -3.22. The molecule has 0 bridgehead atoms. The molecule has 0 saturated heterocycles. The number of aliphatic carboxylic acids is 1. The van der Waals surface area contributed by atoms with Crippen LogP contribution in [0.4, 0.5) is 0 Å². The van der Waals surface area contributed by atoms with Crippen molar-refractivity contribution in [3.63, 3.8) is 0 Å². The molecule has 0 aliphatic rings. The lowest BCUT2D eigenvalue weighted by atomic mass is 9.96. The SMILES string of the molecule is CCC(C)C(NC(=O)C(N)CC(C)C)C(=O)NC(CCC(N)=O)C(=O)NC(CCC(N)=O)C(=O)O. The number of nitrogens with one attached hydrogen (secondary N) is 3. The molecule has 5 unspecified atom stereocenters. The summed E-state index contributed by atoms with van der Waals surface area (Å²) in [4.78, 5) is 72.2. The molecule has 0 fully saturated rings. The summed E-state index contributed by atoms with van der Waals surface area (Å²) < 4.78 is 0. The number of nitrogens with two attached hydrogens (primary N) is 3. The predicted molar refractivity (Wildman–Crippen MR) is 127 cm³/mol. The molecule has 0 saturated carbocycles. The molecule has 200 valence electrons. The molecule has 0 aliphatic heterocycles. The minimum absolute atomic E-state index is 0.158. The molecule has 0 aromatic rings. The van der Waals surface area contributed by atoms with E-state index in [4.69, 9.17) is 17.2 Å². The second-order valence-electron chi connectivity index (χ2n) is 9.08. The molecule has 5 amide bonds. The highest BCUT2D eigenvalue weighted by atomic mass is 16.4. The van der Waals surface area contributed by atoms with E-state index in [-0.39, 0.29) is 37.5 Å². The average molecular weight is 501 g/mol. The lowest BCUT2D eigenvalue weighted by molar-refractivity contribution is -0.143. The van der Waals surface area contributed by atoms with Crippen molar-refractivity contribution < 1.29 is 33.9 Å². The zero-order valence-corrected chi connectivity index (χ0v) is 20.8. The fourth-order valence-electron chi connectivity index (χ4n) is 3.21. The van der Waals surface area contributed by atoms with Crippen LogP contribution in [0.25, 0.3) is 0 Å². The van der Waals surface area contributed by atoms with Crippen molar-refractivity contribution in [1.82, 2.24) is 16.0 Å². The van der Waals surface area contributed by atoms with Gasteiger partial charge in [0.15, 0.2) is 0 Å². The van der Waals surface area contributed by atoms with E-state index in [1.165, 1.54) is 0 Å². The molecule has 5 atom stereocenters. The monoisotopic (exact) mass is 500 g/mol. The van der Waals surface area contributed by atoms with Gasteiger partial charge in [0.25, 0.3) is 0 Å². The van der Waals surface area contributed by atoms with Crippen LogP contribution >= 0.6 is 0 Å². The standard InChI is InChI=1S/C22H40N6O7/c1-5-12(4)18(28-19(31)13(23)10-11(2)3)21(33)26-14(6-8-16(24)29)20(32)27-15(22(34)35)7-9-17(25)30/h11-15,18H,5-10,23H2,1-4H3,(H2,24,29)(H2,25,30)(H,26,33)(H,27,32)(H,28,31)(H,34,35). The van der Waals surface area contributed by atoms with Gasteiger partial charge in [0.1, 0.15) is 18.1 Å². The number of rotatable bonds is 17. The Kier molecular flexibility index (Phi) is 14.2. The Labute approximate surface area is 205 Å². The maximum atomic E-state index is 13.1. The quantitative estimate of drug-likeness (QED) is 0.123. The summed E-state index contributed by atoms with van der Waals surface area (Å²) in [5.41, 5.74) is 16.1. The van der Waals surface area contributed by atoms with Crippen LogP contribution in [0.1, 0.15) is 66.2 Å². The number of carbonyl (C=O) groups is 6. The summed E-state index contributed by atoms with van der Waals surface area (Å²) >= 11 is 0. The number of hydrogen-bond donors (Lipinski definition) is 7. The van der Waals surface area contributed by atoms with Crippen molar-refractivity contribution in [2.45, 2.75) is 90.4 Å². The maximum Gasteiger partial charge on any atom is 0.326 e. The van der Waals surface area contributed by atoms with Crippen LogP contribution in [-0.2, 0) is 28.8 Å². The third-order valence-corrected chi connectivity index (χ3v) is 5.46. The van der Waals surface area contributed by atoms with Gasteiger partial charge in [0, 0.05) is 12.8 Å². The number of carboxylic acid groups (broad SMARTS) is 1. The number of amides is 5. The van der Waals surface area contributed by atoms with E-state index in [1.54, 1.807) is 6.92 Å². The van der Waals surface area contributed by atoms with E-state index in [1.807, 2.05) is 20.8 Å². The third kappa shape index (κ3) is 12.7. The molecule has 10 N–H and O–H groups in total. The average Bonchev–Trinajstić information content (AvgIpc) is 2.75. The van der Waals surface area contributed by atoms with E-state index in [9.17, 15) is 33.9 Å². The van der Waals surface area contributed by atoms with Gasteiger partial charge in [-0.1, -0.05) is 34.1 Å². The number of carboxylic acids is 1. The van der Waals surface area contributed by atoms with Gasteiger partial charge in [-0.15, -0.1) is 0 Å². The van der Waals surface area contributed by atoms with Crippen molar-refractivity contribution in [2.24, 2.45) is 29.0 Å². The Bertz CT molecular complexity index is 773. The van der Waals surface area contributed by atoms with E-state index in [0.717, 1.165) is 0 Å². The Balaban J connectivity index is 5.63. The molecule has 0 rings (SSSR count). The zero-order valence-electron chi connectivity index (χ0n) is 20.8. The summed E-state index contributed by atoms with van der Waals surface area (Å²) in [7, 11) is 0. The first-order valence-electron chi connectivity index (χ1n) is 11.7. The highest BCUT2D eigenvalue weighted by Gasteiger charge is 2.32.